The van der Waals surface area contributed by atoms with Gasteiger partial charge in [-0.05, 0) is 22.4 Å². The molecule has 1 rings (SSSR count). The van der Waals surface area contributed by atoms with E-state index < -0.39 is 0 Å². The van der Waals surface area contributed by atoms with Crippen molar-refractivity contribution in [3.8, 4) is 0 Å². The third-order valence-electron chi connectivity index (χ3n) is 2.59. The fourth-order valence-corrected chi connectivity index (χ4v) is 1.82. The molecule has 0 aliphatic heterocycles. The minimum atomic E-state index is -0.0237. The van der Waals surface area contributed by atoms with Crippen molar-refractivity contribution < 1.29 is 0 Å². The second-order valence-electron chi connectivity index (χ2n) is 5.40. The number of halogens is 1. The lowest BCUT2D eigenvalue weighted by Gasteiger charge is -2.22. The molecule has 17 heavy (non-hydrogen) atoms. The Morgan fingerprint density at radius 2 is 1.94 bits per heavy atom. The van der Waals surface area contributed by atoms with Crippen LogP contribution in [-0.2, 0) is 5.41 Å². The number of hydrogen-bond acceptors (Lipinski definition) is 3. The molecule has 0 amide bonds. The molecule has 96 valence electrons. The van der Waals surface area contributed by atoms with Gasteiger partial charge in [-0.3, -0.25) is 0 Å². The van der Waals surface area contributed by atoms with Crippen molar-refractivity contribution >= 4 is 21.7 Å². The molecular weight excluding hydrogens is 278 g/mol. The van der Waals surface area contributed by atoms with E-state index in [1.165, 1.54) is 12.8 Å². The van der Waals surface area contributed by atoms with Gasteiger partial charge < -0.3 is 4.90 Å². The second kappa shape index (κ2) is 5.80. The van der Waals surface area contributed by atoms with E-state index in [-0.39, 0.29) is 5.41 Å². The average molecular weight is 300 g/mol. The zero-order chi connectivity index (χ0) is 13.1. The highest BCUT2D eigenvalue weighted by Crippen LogP contribution is 2.23. The molecule has 4 heteroatoms. The minimum Gasteiger partial charge on any atom is -0.360 e. The summed E-state index contributed by atoms with van der Waals surface area (Å²) >= 11 is 3.46. The summed E-state index contributed by atoms with van der Waals surface area (Å²) in [5.74, 6) is 1.87. The lowest BCUT2D eigenvalue weighted by Crippen LogP contribution is -2.23. The first-order valence-electron chi connectivity index (χ1n) is 6.10. The van der Waals surface area contributed by atoms with Gasteiger partial charge in [0.1, 0.15) is 16.2 Å². The molecule has 0 aromatic carbocycles. The quantitative estimate of drug-likeness (QED) is 0.793. The van der Waals surface area contributed by atoms with Gasteiger partial charge in [0.25, 0.3) is 0 Å². The average Bonchev–Trinajstić information content (AvgIpc) is 2.23. The van der Waals surface area contributed by atoms with E-state index in [4.69, 9.17) is 0 Å². The van der Waals surface area contributed by atoms with Gasteiger partial charge in [-0.25, -0.2) is 9.97 Å². The third-order valence-corrected chi connectivity index (χ3v) is 3.00. The van der Waals surface area contributed by atoms with E-state index in [1.807, 2.05) is 6.07 Å². The van der Waals surface area contributed by atoms with Crippen LogP contribution in [0.1, 0.15) is 46.4 Å². The molecule has 0 bridgehead atoms. The summed E-state index contributed by atoms with van der Waals surface area (Å²) in [4.78, 5) is 11.3. The maximum Gasteiger partial charge on any atom is 0.137 e. The van der Waals surface area contributed by atoms with Gasteiger partial charge in [0, 0.05) is 25.1 Å². The van der Waals surface area contributed by atoms with E-state index in [2.05, 4.69) is 65.5 Å². The molecule has 0 unspecified atom stereocenters. The van der Waals surface area contributed by atoms with Crippen LogP contribution in [0.15, 0.2) is 10.7 Å². The number of rotatable bonds is 4. The molecule has 0 N–H and O–H groups in total. The van der Waals surface area contributed by atoms with E-state index in [1.54, 1.807) is 0 Å². The number of nitrogens with zero attached hydrogens (tertiary/aromatic N) is 3. The van der Waals surface area contributed by atoms with Crippen LogP contribution in [-0.4, -0.2) is 23.6 Å². The predicted molar refractivity (Wildman–Crippen MR) is 76.6 cm³/mol. The van der Waals surface area contributed by atoms with Crippen molar-refractivity contribution in [3.63, 3.8) is 0 Å². The summed E-state index contributed by atoms with van der Waals surface area (Å²) < 4.78 is 0.857. The maximum atomic E-state index is 4.64. The molecule has 1 aromatic rings. The highest BCUT2D eigenvalue weighted by Gasteiger charge is 2.19. The number of unbranched alkanes of at least 4 members (excludes halogenated alkanes) is 1. The molecule has 0 radical (unpaired) electrons. The Kier molecular flexibility index (Phi) is 4.92. The zero-order valence-corrected chi connectivity index (χ0v) is 13.0. The first-order valence-corrected chi connectivity index (χ1v) is 6.90. The van der Waals surface area contributed by atoms with E-state index >= 15 is 0 Å². The summed E-state index contributed by atoms with van der Waals surface area (Å²) in [5, 5.41) is 0. The number of hydrogen-bond donors (Lipinski definition) is 0. The van der Waals surface area contributed by atoms with Gasteiger partial charge in [-0.15, -0.1) is 0 Å². The Hall–Kier alpha value is -0.640. The van der Waals surface area contributed by atoms with Crippen LogP contribution in [0.25, 0.3) is 0 Å². The smallest absolute Gasteiger partial charge is 0.137 e. The third kappa shape index (κ3) is 4.26. The second-order valence-corrected chi connectivity index (χ2v) is 6.21. The minimum absolute atomic E-state index is 0.0237. The molecule has 1 aromatic heterocycles. The largest absolute Gasteiger partial charge is 0.360 e. The van der Waals surface area contributed by atoms with Crippen LogP contribution in [0, 0.1) is 0 Å². The summed E-state index contributed by atoms with van der Waals surface area (Å²) in [5.41, 5.74) is -0.0237. The zero-order valence-electron chi connectivity index (χ0n) is 11.4. The van der Waals surface area contributed by atoms with Crippen LogP contribution in [0.5, 0.6) is 0 Å². The topological polar surface area (TPSA) is 29.0 Å². The normalized spacial score (nSPS) is 11.6. The fraction of sp³-hybridized carbons (Fsp3) is 0.692. The summed E-state index contributed by atoms with van der Waals surface area (Å²) in [6.07, 6.45) is 2.38. The molecule has 0 spiro atoms. The van der Waals surface area contributed by atoms with Crippen LogP contribution < -0.4 is 4.90 Å². The first-order chi connectivity index (χ1) is 7.84. The van der Waals surface area contributed by atoms with Crippen molar-refractivity contribution in [1.29, 1.82) is 0 Å². The summed E-state index contributed by atoms with van der Waals surface area (Å²) in [7, 11) is 2.08. The van der Waals surface area contributed by atoms with Gasteiger partial charge in [0.2, 0.25) is 0 Å². The van der Waals surface area contributed by atoms with E-state index in [0.717, 1.165) is 22.8 Å². The Morgan fingerprint density at radius 3 is 2.47 bits per heavy atom. The highest BCUT2D eigenvalue weighted by atomic mass is 79.9. The molecular formula is C13H22BrN3. The monoisotopic (exact) mass is 299 g/mol. The molecule has 0 saturated heterocycles. The summed E-state index contributed by atoms with van der Waals surface area (Å²) in [6, 6.07) is 1.98. The van der Waals surface area contributed by atoms with Crippen molar-refractivity contribution in [3.05, 3.63) is 16.5 Å². The van der Waals surface area contributed by atoms with Gasteiger partial charge in [0.05, 0.1) is 0 Å². The van der Waals surface area contributed by atoms with Crippen LogP contribution in [0.4, 0.5) is 5.82 Å². The maximum absolute atomic E-state index is 4.64. The lowest BCUT2D eigenvalue weighted by molar-refractivity contribution is 0.542. The fourth-order valence-electron chi connectivity index (χ4n) is 1.45. The first kappa shape index (κ1) is 14.4. The molecule has 0 aliphatic rings. The Morgan fingerprint density at radius 1 is 1.29 bits per heavy atom. The van der Waals surface area contributed by atoms with Crippen molar-refractivity contribution in [2.75, 3.05) is 18.5 Å². The van der Waals surface area contributed by atoms with Gasteiger partial charge >= 0.3 is 0 Å². The Labute approximate surface area is 113 Å². The molecule has 0 atom stereocenters. The van der Waals surface area contributed by atoms with Gasteiger partial charge in [0.15, 0.2) is 0 Å². The lowest BCUT2D eigenvalue weighted by atomic mass is 9.96. The van der Waals surface area contributed by atoms with E-state index in [9.17, 15) is 0 Å². The molecule has 0 fully saturated rings. The van der Waals surface area contributed by atoms with Crippen LogP contribution in [0.3, 0.4) is 0 Å². The molecule has 0 aliphatic carbocycles. The van der Waals surface area contributed by atoms with Crippen molar-refractivity contribution in [2.45, 2.75) is 46.0 Å². The highest BCUT2D eigenvalue weighted by molar-refractivity contribution is 9.10. The molecule has 1 heterocycles. The van der Waals surface area contributed by atoms with Crippen LogP contribution >= 0.6 is 15.9 Å². The van der Waals surface area contributed by atoms with Crippen LogP contribution in [0.2, 0.25) is 0 Å². The number of anilines is 1. The SMILES string of the molecule is CCCCN(C)c1cc(Br)nc(C(C)(C)C)n1. The van der Waals surface area contributed by atoms with Gasteiger partial charge in [-0.2, -0.15) is 0 Å². The standard InChI is InChI=1S/C13H22BrN3/c1-6-7-8-17(5)11-9-10(14)15-12(16-11)13(2,3)4/h9H,6-8H2,1-5H3. The molecule has 0 saturated carbocycles. The van der Waals surface area contributed by atoms with Crippen molar-refractivity contribution in [2.24, 2.45) is 0 Å². The Balaban J connectivity index is 2.97. The Bertz CT molecular complexity index is 371. The van der Waals surface area contributed by atoms with Gasteiger partial charge in [-0.1, -0.05) is 34.1 Å². The summed E-state index contributed by atoms with van der Waals surface area (Å²) in [6.45, 7) is 9.62. The van der Waals surface area contributed by atoms with E-state index in [0.29, 0.717) is 0 Å². The number of aromatic nitrogens is 2. The van der Waals surface area contributed by atoms with Crippen molar-refractivity contribution in [1.82, 2.24) is 9.97 Å². The predicted octanol–water partition coefficient (Wildman–Crippen LogP) is 3.77. The molecule has 3 nitrogen and oxygen atoms in total.